The van der Waals surface area contributed by atoms with Crippen molar-refractivity contribution in [3.05, 3.63) is 24.3 Å². The van der Waals surface area contributed by atoms with E-state index in [4.69, 9.17) is 0 Å². The summed E-state index contributed by atoms with van der Waals surface area (Å²) < 4.78 is 0. The predicted octanol–water partition coefficient (Wildman–Crippen LogP) is 4.47. The SMILES string of the molecule is O=C1CC(=O)N([C@H]2C[C@H]3CC[C@@H](C2)N3C2CCCCCCC2)c2ccccc2N1. The van der Waals surface area contributed by atoms with Crippen LogP contribution in [0.3, 0.4) is 0 Å². The Morgan fingerprint density at radius 1 is 0.759 bits per heavy atom. The van der Waals surface area contributed by atoms with E-state index in [1.165, 1.54) is 57.8 Å². The number of benzene rings is 1. The number of nitrogens with one attached hydrogen (secondary N) is 1. The van der Waals surface area contributed by atoms with Gasteiger partial charge >= 0.3 is 0 Å². The van der Waals surface area contributed by atoms with Crippen molar-refractivity contribution in [1.82, 2.24) is 4.90 Å². The first kappa shape index (κ1) is 19.1. The average Bonchev–Trinajstić information content (AvgIpc) is 2.86. The van der Waals surface area contributed by atoms with Crippen molar-refractivity contribution in [1.29, 1.82) is 0 Å². The Kier molecular flexibility index (Phi) is 5.33. The van der Waals surface area contributed by atoms with Crippen molar-refractivity contribution >= 4 is 23.2 Å². The van der Waals surface area contributed by atoms with E-state index in [0.29, 0.717) is 12.1 Å². The molecule has 1 saturated carbocycles. The lowest BCUT2D eigenvalue weighted by Gasteiger charge is -2.47. The van der Waals surface area contributed by atoms with Crippen LogP contribution in [0.25, 0.3) is 0 Å². The van der Waals surface area contributed by atoms with Gasteiger partial charge in [0.25, 0.3) is 0 Å². The summed E-state index contributed by atoms with van der Waals surface area (Å²) in [6, 6.07) is 9.93. The number of carbonyl (C=O) groups excluding carboxylic acids is 2. The first-order valence-corrected chi connectivity index (χ1v) is 11.7. The summed E-state index contributed by atoms with van der Waals surface area (Å²) in [5.41, 5.74) is 1.66. The Morgan fingerprint density at radius 3 is 2.14 bits per heavy atom. The van der Waals surface area contributed by atoms with Crippen LogP contribution in [0.1, 0.15) is 77.0 Å². The Morgan fingerprint density at radius 2 is 1.41 bits per heavy atom. The molecule has 0 radical (unpaired) electrons. The number of rotatable bonds is 2. The van der Waals surface area contributed by atoms with E-state index in [1.54, 1.807) is 0 Å². The molecule has 0 aromatic heterocycles. The van der Waals surface area contributed by atoms with Gasteiger partial charge in [0.1, 0.15) is 6.42 Å². The number of para-hydroxylation sites is 2. The minimum Gasteiger partial charge on any atom is -0.324 e. The van der Waals surface area contributed by atoms with Gasteiger partial charge in [0.15, 0.2) is 0 Å². The van der Waals surface area contributed by atoms with Gasteiger partial charge in [-0.3, -0.25) is 14.5 Å². The van der Waals surface area contributed by atoms with Crippen LogP contribution in [-0.4, -0.2) is 40.9 Å². The molecule has 5 rings (SSSR count). The molecule has 3 fully saturated rings. The van der Waals surface area contributed by atoms with Crippen molar-refractivity contribution in [2.45, 2.75) is 101 Å². The summed E-state index contributed by atoms with van der Waals surface area (Å²) in [5, 5.41) is 2.92. The van der Waals surface area contributed by atoms with Crippen LogP contribution in [0.5, 0.6) is 0 Å². The van der Waals surface area contributed by atoms with Crippen molar-refractivity contribution in [3.8, 4) is 0 Å². The molecule has 2 saturated heterocycles. The number of hydrogen-bond acceptors (Lipinski definition) is 3. The quantitative estimate of drug-likeness (QED) is 0.752. The second-order valence-electron chi connectivity index (χ2n) is 9.46. The van der Waals surface area contributed by atoms with E-state index in [9.17, 15) is 9.59 Å². The molecule has 1 aromatic rings. The Hall–Kier alpha value is -1.88. The third-order valence-corrected chi connectivity index (χ3v) is 7.64. The Balaban J connectivity index is 1.38. The lowest BCUT2D eigenvalue weighted by molar-refractivity contribution is -0.125. The number of hydrogen-bond donors (Lipinski definition) is 1. The fraction of sp³-hybridized carbons (Fsp3) is 0.667. The van der Waals surface area contributed by atoms with Crippen molar-refractivity contribution in [3.63, 3.8) is 0 Å². The molecule has 2 amide bonds. The van der Waals surface area contributed by atoms with Crippen LogP contribution in [0.15, 0.2) is 24.3 Å². The number of piperidine rings is 1. The molecule has 1 aliphatic carbocycles. The van der Waals surface area contributed by atoms with Gasteiger partial charge in [-0.2, -0.15) is 0 Å². The molecule has 3 aliphatic heterocycles. The number of carbonyl (C=O) groups is 2. The topological polar surface area (TPSA) is 52.7 Å². The van der Waals surface area contributed by atoms with Crippen molar-refractivity contribution in [2.75, 3.05) is 10.2 Å². The monoisotopic (exact) mass is 395 g/mol. The molecule has 29 heavy (non-hydrogen) atoms. The maximum atomic E-state index is 13.0. The summed E-state index contributed by atoms with van der Waals surface area (Å²) in [4.78, 5) is 30.0. The fourth-order valence-corrected chi connectivity index (χ4v) is 6.47. The van der Waals surface area contributed by atoms with E-state index < -0.39 is 0 Å². The average molecular weight is 396 g/mol. The van der Waals surface area contributed by atoms with Crippen LogP contribution in [-0.2, 0) is 9.59 Å². The lowest BCUT2D eigenvalue weighted by atomic mass is 9.89. The summed E-state index contributed by atoms with van der Waals surface area (Å²) in [7, 11) is 0. The third-order valence-electron chi connectivity index (χ3n) is 7.64. The van der Waals surface area contributed by atoms with E-state index >= 15 is 0 Å². The fourth-order valence-electron chi connectivity index (χ4n) is 6.47. The molecule has 1 N–H and O–H groups in total. The van der Waals surface area contributed by atoms with Gasteiger partial charge in [0.05, 0.1) is 11.4 Å². The molecule has 5 heteroatoms. The van der Waals surface area contributed by atoms with Crippen LogP contribution in [0, 0.1) is 0 Å². The van der Waals surface area contributed by atoms with Crippen molar-refractivity contribution < 1.29 is 9.59 Å². The summed E-state index contributed by atoms with van der Waals surface area (Å²) >= 11 is 0. The normalized spacial score (nSPS) is 31.6. The van der Waals surface area contributed by atoms with E-state index in [1.807, 2.05) is 29.2 Å². The second kappa shape index (κ2) is 8.10. The number of nitrogens with zero attached hydrogens (tertiary/aromatic N) is 2. The van der Waals surface area contributed by atoms with E-state index in [2.05, 4.69) is 10.2 Å². The molecule has 1 aromatic carbocycles. The van der Waals surface area contributed by atoms with Gasteiger partial charge in [-0.05, 0) is 50.7 Å². The highest BCUT2D eigenvalue weighted by Gasteiger charge is 2.46. The first-order valence-electron chi connectivity index (χ1n) is 11.7. The molecule has 156 valence electrons. The number of amides is 2. The summed E-state index contributed by atoms with van der Waals surface area (Å²) in [6.45, 7) is 0. The molecule has 0 spiro atoms. The van der Waals surface area contributed by atoms with E-state index in [-0.39, 0.29) is 24.3 Å². The molecular weight excluding hydrogens is 362 g/mol. The predicted molar refractivity (Wildman–Crippen MR) is 115 cm³/mol. The molecule has 5 nitrogen and oxygen atoms in total. The maximum Gasteiger partial charge on any atom is 0.236 e. The van der Waals surface area contributed by atoms with Gasteiger partial charge in [-0.15, -0.1) is 0 Å². The first-order chi connectivity index (χ1) is 14.2. The zero-order valence-electron chi connectivity index (χ0n) is 17.3. The van der Waals surface area contributed by atoms with Gasteiger partial charge < -0.3 is 10.2 Å². The maximum absolute atomic E-state index is 13.0. The van der Waals surface area contributed by atoms with Crippen LogP contribution >= 0.6 is 0 Å². The number of fused-ring (bicyclic) bond motifs is 3. The number of anilines is 2. The van der Waals surface area contributed by atoms with Gasteiger partial charge in [0, 0.05) is 24.2 Å². The molecule has 2 bridgehead atoms. The Labute approximate surface area is 173 Å². The summed E-state index contributed by atoms with van der Waals surface area (Å²) in [6.07, 6.45) is 14.2. The van der Waals surface area contributed by atoms with E-state index in [0.717, 1.165) is 30.3 Å². The summed E-state index contributed by atoms with van der Waals surface area (Å²) in [5.74, 6) is -0.240. The highest BCUT2D eigenvalue weighted by Crippen LogP contribution is 2.43. The highest BCUT2D eigenvalue weighted by molar-refractivity contribution is 6.14. The molecular formula is C24H33N3O2. The van der Waals surface area contributed by atoms with Gasteiger partial charge in [-0.25, -0.2) is 0 Å². The zero-order chi connectivity index (χ0) is 19.8. The largest absolute Gasteiger partial charge is 0.324 e. The second-order valence-corrected chi connectivity index (χ2v) is 9.46. The Bertz CT molecular complexity index is 757. The standard InChI is InChI=1S/C24H33N3O2/c28-23-16-24(29)27(22-11-7-6-10-21(22)25-23)20-14-18-12-13-19(15-20)26(18)17-8-4-2-1-3-5-9-17/h6-7,10-11,17-20H,1-5,8-9,12-16H2,(H,25,28)/t18-,19+,20+. The minimum absolute atomic E-state index is 0.0451. The molecule has 3 heterocycles. The molecule has 0 unspecified atom stereocenters. The molecule has 3 atom stereocenters. The van der Waals surface area contributed by atoms with Crippen LogP contribution in [0.4, 0.5) is 11.4 Å². The smallest absolute Gasteiger partial charge is 0.236 e. The minimum atomic E-state index is -0.195. The highest BCUT2D eigenvalue weighted by atomic mass is 16.2. The zero-order valence-corrected chi connectivity index (χ0v) is 17.3. The van der Waals surface area contributed by atoms with Gasteiger partial charge in [0.2, 0.25) is 11.8 Å². The molecule has 4 aliphatic rings. The lowest BCUT2D eigenvalue weighted by Crippen LogP contribution is -2.55. The third kappa shape index (κ3) is 3.70. The van der Waals surface area contributed by atoms with Crippen LogP contribution < -0.4 is 10.2 Å². The van der Waals surface area contributed by atoms with Crippen LogP contribution in [0.2, 0.25) is 0 Å². The van der Waals surface area contributed by atoms with Gasteiger partial charge in [-0.1, -0.05) is 44.2 Å². The van der Waals surface area contributed by atoms with Crippen molar-refractivity contribution in [2.24, 2.45) is 0 Å².